The van der Waals surface area contributed by atoms with E-state index in [1.54, 1.807) is 32.9 Å². The molecule has 1 atom stereocenters. The number of benzene rings is 1. The fourth-order valence-electron chi connectivity index (χ4n) is 2.45. The summed E-state index contributed by atoms with van der Waals surface area (Å²) in [4.78, 5) is 15.1. The number of aromatic nitrogens is 1. The number of aliphatic hydroxyl groups excluding tert-OH is 1. The quantitative estimate of drug-likeness (QED) is 0.802. The number of hydrogen-bond donors (Lipinski definition) is 2. The zero-order chi connectivity index (χ0) is 16.4. The van der Waals surface area contributed by atoms with E-state index in [2.05, 4.69) is 20.9 Å². The van der Waals surface area contributed by atoms with E-state index in [-0.39, 0.29) is 12.3 Å². The van der Waals surface area contributed by atoms with E-state index in [9.17, 15) is 14.3 Å². The van der Waals surface area contributed by atoms with Gasteiger partial charge in [-0.15, -0.1) is 0 Å². The van der Waals surface area contributed by atoms with Crippen LogP contribution in [0.5, 0.6) is 0 Å². The molecule has 118 valence electrons. The highest BCUT2D eigenvalue weighted by molar-refractivity contribution is 9.10. The molecule has 2 aromatic rings. The Kier molecular flexibility index (Phi) is 5.03. The predicted molar refractivity (Wildman–Crippen MR) is 84.1 cm³/mol. The van der Waals surface area contributed by atoms with Gasteiger partial charge in [-0.3, -0.25) is 0 Å². The SMILES string of the molecule is Cc1[nH]c(C(=O)OCc2ccc(Br)cc2F)c(C)c1[C@H](C)O. The molecule has 1 aromatic carbocycles. The Morgan fingerprint density at radius 1 is 1.45 bits per heavy atom. The highest BCUT2D eigenvalue weighted by Crippen LogP contribution is 2.25. The highest BCUT2D eigenvalue weighted by Gasteiger charge is 2.21. The van der Waals surface area contributed by atoms with E-state index in [0.29, 0.717) is 26.9 Å². The lowest BCUT2D eigenvalue weighted by Crippen LogP contribution is -2.08. The van der Waals surface area contributed by atoms with E-state index < -0.39 is 17.9 Å². The van der Waals surface area contributed by atoms with Gasteiger partial charge in [0.25, 0.3) is 0 Å². The van der Waals surface area contributed by atoms with Crippen molar-refractivity contribution in [1.29, 1.82) is 0 Å². The van der Waals surface area contributed by atoms with Crippen LogP contribution >= 0.6 is 15.9 Å². The average molecular weight is 370 g/mol. The minimum absolute atomic E-state index is 0.153. The van der Waals surface area contributed by atoms with Crippen LogP contribution in [0.15, 0.2) is 22.7 Å². The summed E-state index contributed by atoms with van der Waals surface area (Å²) in [6, 6.07) is 4.56. The largest absolute Gasteiger partial charge is 0.456 e. The zero-order valence-corrected chi connectivity index (χ0v) is 14.1. The van der Waals surface area contributed by atoms with Crippen molar-refractivity contribution in [3.8, 4) is 0 Å². The Balaban J connectivity index is 2.15. The van der Waals surface area contributed by atoms with Gasteiger partial charge in [0.15, 0.2) is 0 Å². The molecule has 0 amide bonds. The van der Waals surface area contributed by atoms with Crippen LogP contribution in [0.2, 0.25) is 0 Å². The van der Waals surface area contributed by atoms with Crippen molar-refractivity contribution in [2.24, 2.45) is 0 Å². The van der Waals surface area contributed by atoms with Crippen LogP contribution in [0.1, 0.15) is 45.9 Å². The van der Waals surface area contributed by atoms with Crippen molar-refractivity contribution >= 4 is 21.9 Å². The van der Waals surface area contributed by atoms with Gasteiger partial charge in [-0.05, 0) is 38.5 Å². The Hall–Kier alpha value is -1.66. The molecule has 0 radical (unpaired) electrons. The lowest BCUT2D eigenvalue weighted by molar-refractivity contribution is 0.0461. The van der Waals surface area contributed by atoms with Gasteiger partial charge >= 0.3 is 5.97 Å². The van der Waals surface area contributed by atoms with Crippen molar-refractivity contribution in [3.63, 3.8) is 0 Å². The van der Waals surface area contributed by atoms with Crippen LogP contribution in [0.25, 0.3) is 0 Å². The molecule has 0 saturated carbocycles. The molecular weight excluding hydrogens is 353 g/mol. The Bertz CT molecular complexity index is 710. The molecule has 0 fully saturated rings. The van der Waals surface area contributed by atoms with Crippen molar-refractivity contribution in [1.82, 2.24) is 4.98 Å². The number of carbonyl (C=O) groups excluding carboxylic acids is 1. The van der Waals surface area contributed by atoms with Gasteiger partial charge in [-0.1, -0.05) is 22.0 Å². The standard InChI is InChI=1S/C16H17BrFNO3/c1-8-14(10(3)20)9(2)19-15(8)16(21)22-7-11-4-5-12(17)6-13(11)18/h4-6,10,19-20H,7H2,1-3H3/t10-/m0/s1. The number of nitrogens with one attached hydrogen (secondary N) is 1. The Labute approximate surface area is 136 Å². The maximum atomic E-state index is 13.7. The number of H-pyrrole nitrogens is 1. The number of rotatable bonds is 4. The van der Waals surface area contributed by atoms with Crippen molar-refractivity contribution < 1.29 is 19.0 Å². The van der Waals surface area contributed by atoms with E-state index in [1.807, 2.05) is 0 Å². The van der Waals surface area contributed by atoms with Crippen molar-refractivity contribution in [2.75, 3.05) is 0 Å². The number of carbonyl (C=O) groups is 1. The van der Waals surface area contributed by atoms with Crippen LogP contribution in [0.3, 0.4) is 0 Å². The Morgan fingerprint density at radius 2 is 2.14 bits per heavy atom. The number of hydrogen-bond acceptors (Lipinski definition) is 3. The first-order chi connectivity index (χ1) is 10.3. The first-order valence-corrected chi connectivity index (χ1v) is 7.58. The smallest absolute Gasteiger partial charge is 0.355 e. The number of aromatic amines is 1. The molecule has 0 bridgehead atoms. The summed E-state index contributed by atoms with van der Waals surface area (Å²) in [5.74, 6) is -1.01. The topological polar surface area (TPSA) is 62.3 Å². The van der Waals surface area contributed by atoms with Crippen molar-refractivity contribution in [3.05, 3.63) is 56.6 Å². The van der Waals surface area contributed by atoms with Crippen molar-refractivity contribution in [2.45, 2.75) is 33.5 Å². The van der Waals surface area contributed by atoms with E-state index in [0.717, 1.165) is 0 Å². The lowest BCUT2D eigenvalue weighted by atomic mass is 10.1. The first kappa shape index (κ1) is 16.7. The molecule has 1 heterocycles. The molecule has 6 heteroatoms. The highest BCUT2D eigenvalue weighted by atomic mass is 79.9. The monoisotopic (exact) mass is 369 g/mol. The zero-order valence-electron chi connectivity index (χ0n) is 12.5. The summed E-state index contributed by atoms with van der Waals surface area (Å²) < 4.78 is 19.5. The number of esters is 1. The summed E-state index contributed by atoms with van der Waals surface area (Å²) in [6.45, 7) is 5.00. The maximum Gasteiger partial charge on any atom is 0.355 e. The summed E-state index contributed by atoms with van der Waals surface area (Å²) in [5.41, 5.74) is 2.63. The lowest BCUT2D eigenvalue weighted by Gasteiger charge is -2.07. The number of halogens is 2. The maximum absolute atomic E-state index is 13.7. The third-order valence-electron chi connectivity index (χ3n) is 3.49. The third kappa shape index (κ3) is 3.39. The number of ether oxygens (including phenoxy) is 1. The van der Waals surface area contributed by atoms with E-state index >= 15 is 0 Å². The average Bonchev–Trinajstić information content (AvgIpc) is 2.72. The number of aliphatic hydroxyl groups is 1. The summed E-state index contributed by atoms with van der Waals surface area (Å²) in [6.07, 6.45) is -0.679. The third-order valence-corrected chi connectivity index (χ3v) is 3.98. The molecule has 2 rings (SSSR count). The van der Waals surface area contributed by atoms with Crippen LogP contribution in [0, 0.1) is 19.7 Å². The molecule has 2 N–H and O–H groups in total. The molecular formula is C16H17BrFNO3. The van der Waals surface area contributed by atoms with E-state index in [4.69, 9.17) is 4.74 Å². The fraction of sp³-hybridized carbons (Fsp3) is 0.312. The molecule has 0 aliphatic rings. The van der Waals surface area contributed by atoms with Gasteiger partial charge in [0.2, 0.25) is 0 Å². The summed E-state index contributed by atoms with van der Waals surface area (Å²) in [5, 5.41) is 9.72. The van der Waals surface area contributed by atoms with Gasteiger partial charge in [-0.2, -0.15) is 0 Å². The normalized spacial score (nSPS) is 12.3. The fourth-order valence-corrected chi connectivity index (χ4v) is 2.78. The van der Waals surface area contributed by atoms with Gasteiger partial charge in [-0.25, -0.2) is 9.18 Å². The number of aryl methyl sites for hydroxylation is 1. The molecule has 0 spiro atoms. The van der Waals surface area contributed by atoms with Gasteiger partial charge in [0, 0.05) is 21.3 Å². The second kappa shape index (κ2) is 6.62. The molecule has 0 unspecified atom stereocenters. The Morgan fingerprint density at radius 3 is 2.68 bits per heavy atom. The van der Waals surface area contributed by atoms with Crippen LogP contribution in [-0.4, -0.2) is 16.1 Å². The predicted octanol–water partition coefficient (Wildman–Crippen LogP) is 3.94. The van der Waals surface area contributed by atoms with Gasteiger partial charge in [0.05, 0.1) is 6.10 Å². The molecule has 0 aliphatic heterocycles. The molecule has 22 heavy (non-hydrogen) atoms. The second-order valence-corrected chi connectivity index (χ2v) is 6.07. The minimum atomic E-state index is -0.679. The van der Waals surface area contributed by atoms with Crippen LogP contribution < -0.4 is 0 Å². The van der Waals surface area contributed by atoms with Crippen LogP contribution in [0.4, 0.5) is 4.39 Å². The summed E-state index contributed by atoms with van der Waals surface area (Å²) in [7, 11) is 0. The minimum Gasteiger partial charge on any atom is -0.456 e. The van der Waals surface area contributed by atoms with E-state index in [1.165, 1.54) is 6.07 Å². The molecule has 1 aromatic heterocycles. The van der Waals surface area contributed by atoms with Gasteiger partial charge in [0.1, 0.15) is 18.1 Å². The first-order valence-electron chi connectivity index (χ1n) is 6.79. The molecule has 0 aliphatic carbocycles. The molecule has 0 saturated heterocycles. The molecule has 4 nitrogen and oxygen atoms in total. The summed E-state index contributed by atoms with van der Waals surface area (Å²) >= 11 is 3.17. The van der Waals surface area contributed by atoms with Gasteiger partial charge < -0.3 is 14.8 Å². The second-order valence-electron chi connectivity index (χ2n) is 5.15. The van der Waals surface area contributed by atoms with Crippen LogP contribution in [-0.2, 0) is 11.3 Å².